The van der Waals surface area contributed by atoms with Gasteiger partial charge in [-0.15, -0.1) is 0 Å². The van der Waals surface area contributed by atoms with E-state index in [-0.39, 0.29) is 36.0 Å². The second-order valence-electron chi connectivity index (χ2n) is 8.29. The molecule has 0 radical (unpaired) electrons. The summed E-state index contributed by atoms with van der Waals surface area (Å²) in [4.78, 5) is 15.1. The van der Waals surface area contributed by atoms with E-state index in [0.717, 1.165) is 16.8 Å². The lowest BCUT2D eigenvalue weighted by Crippen LogP contribution is -2.46. The zero-order chi connectivity index (χ0) is 22.6. The van der Waals surface area contributed by atoms with Crippen molar-refractivity contribution in [2.45, 2.75) is 25.4 Å². The van der Waals surface area contributed by atoms with E-state index in [9.17, 15) is 13.2 Å². The van der Waals surface area contributed by atoms with Crippen LogP contribution in [0, 0.1) is 6.92 Å². The molecule has 1 amide bonds. The van der Waals surface area contributed by atoms with Crippen LogP contribution in [0.5, 0.6) is 0 Å². The average Bonchev–Trinajstić information content (AvgIpc) is 3.16. The normalized spacial score (nSPS) is 18.2. The number of nitrogens with zero attached hydrogens (tertiary/aromatic N) is 1. The van der Waals surface area contributed by atoms with Gasteiger partial charge < -0.3 is 4.90 Å². The quantitative estimate of drug-likeness (QED) is 0.595. The molecule has 4 rings (SSSR count). The number of carbonyl (C=O) groups is 1. The molecule has 1 N–H and O–H groups in total. The summed E-state index contributed by atoms with van der Waals surface area (Å²) in [5, 5.41) is 3.43. The number of hydrogen-bond donors (Lipinski definition) is 1. The SMILES string of the molecule is Cc1ccc(C(NCC(=O)N(c2ccccc2)C2CCS(=O)(=O)C2)c2ccccc2)cc1. The Hall–Kier alpha value is -2.96. The minimum atomic E-state index is -3.12. The van der Waals surface area contributed by atoms with Gasteiger partial charge in [0.25, 0.3) is 0 Å². The van der Waals surface area contributed by atoms with Crippen LogP contribution in [0.25, 0.3) is 0 Å². The van der Waals surface area contributed by atoms with E-state index in [1.54, 1.807) is 4.90 Å². The van der Waals surface area contributed by atoms with Crippen LogP contribution in [0.15, 0.2) is 84.9 Å². The van der Waals surface area contributed by atoms with Crippen LogP contribution in [0.4, 0.5) is 5.69 Å². The number of para-hydroxylation sites is 1. The zero-order valence-corrected chi connectivity index (χ0v) is 19.0. The highest BCUT2D eigenvalue weighted by atomic mass is 32.2. The summed E-state index contributed by atoms with van der Waals surface area (Å²) in [6.07, 6.45) is 0.461. The van der Waals surface area contributed by atoms with E-state index in [1.807, 2.05) is 67.6 Å². The third-order valence-electron chi connectivity index (χ3n) is 5.88. The molecular formula is C26H28N2O3S. The Balaban J connectivity index is 1.58. The molecule has 5 nitrogen and oxygen atoms in total. The third-order valence-corrected chi connectivity index (χ3v) is 7.63. The smallest absolute Gasteiger partial charge is 0.241 e. The Morgan fingerprint density at radius 2 is 1.53 bits per heavy atom. The summed E-state index contributed by atoms with van der Waals surface area (Å²) >= 11 is 0. The molecule has 6 heteroatoms. The summed E-state index contributed by atoms with van der Waals surface area (Å²) in [5.41, 5.74) is 4.05. The van der Waals surface area contributed by atoms with Crippen molar-refractivity contribution < 1.29 is 13.2 Å². The highest BCUT2D eigenvalue weighted by Crippen LogP contribution is 2.26. The average molecular weight is 449 g/mol. The van der Waals surface area contributed by atoms with E-state index < -0.39 is 9.84 Å². The summed E-state index contributed by atoms with van der Waals surface area (Å²) in [6, 6.07) is 27.1. The molecule has 1 saturated heterocycles. The fourth-order valence-corrected chi connectivity index (χ4v) is 5.93. The van der Waals surface area contributed by atoms with Crippen LogP contribution in [-0.4, -0.2) is 38.4 Å². The molecule has 0 bridgehead atoms. The summed E-state index contributed by atoms with van der Waals surface area (Å²) in [7, 11) is -3.12. The van der Waals surface area contributed by atoms with Gasteiger partial charge >= 0.3 is 0 Å². The molecule has 1 aliphatic rings. The van der Waals surface area contributed by atoms with Gasteiger partial charge in [-0.25, -0.2) is 8.42 Å². The van der Waals surface area contributed by atoms with E-state index in [0.29, 0.717) is 6.42 Å². The van der Waals surface area contributed by atoms with Crippen LogP contribution >= 0.6 is 0 Å². The van der Waals surface area contributed by atoms with Crippen molar-refractivity contribution in [3.05, 3.63) is 102 Å². The topological polar surface area (TPSA) is 66.5 Å². The van der Waals surface area contributed by atoms with Crippen LogP contribution < -0.4 is 10.2 Å². The zero-order valence-electron chi connectivity index (χ0n) is 18.1. The largest absolute Gasteiger partial charge is 0.307 e. The molecule has 0 saturated carbocycles. The molecule has 2 atom stereocenters. The molecule has 1 heterocycles. The maximum Gasteiger partial charge on any atom is 0.241 e. The lowest BCUT2D eigenvalue weighted by molar-refractivity contribution is -0.118. The van der Waals surface area contributed by atoms with Crippen LogP contribution in [0.1, 0.15) is 29.2 Å². The maximum absolute atomic E-state index is 13.4. The standard InChI is InChI=1S/C26H28N2O3S/c1-20-12-14-22(15-13-20)26(21-8-4-2-5-9-21)27-18-25(29)28(23-10-6-3-7-11-23)24-16-17-32(30,31)19-24/h2-15,24,26-27H,16-19H2,1H3. The third kappa shape index (κ3) is 5.26. The van der Waals surface area contributed by atoms with Gasteiger partial charge in [-0.3, -0.25) is 10.1 Å². The van der Waals surface area contributed by atoms with Gasteiger partial charge in [-0.2, -0.15) is 0 Å². The van der Waals surface area contributed by atoms with Gasteiger partial charge in [0, 0.05) is 5.69 Å². The van der Waals surface area contributed by atoms with E-state index in [1.165, 1.54) is 5.56 Å². The van der Waals surface area contributed by atoms with E-state index in [4.69, 9.17) is 0 Å². The van der Waals surface area contributed by atoms with Crippen molar-refractivity contribution in [1.82, 2.24) is 5.32 Å². The Morgan fingerprint density at radius 3 is 2.12 bits per heavy atom. The van der Waals surface area contributed by atoms with Crippen LogP contribution in [0.3, 0.4) is 0 Å². The molecule has 3 aromatic carbocycles. The predicted octanol–water partition coefficient (Wildman–Crippen LogP) is 3.89. The maximum atomic E-state index is 13.4. The molecule has 2 unspecified atom stereocenters. The molecule has 32 heavy (non-hydrogen) atoms. The highest BCUT2D eigenvalue weighted by molar-refractivity contribution is 7.91. The first-order valence-corrected chi connectivity index (χ1v) is 12.7. The number of amides is 1. The Morgan fingerprint density at radius 1 is 0.938 bits per heavy atom. The van der Waals surface area contributed by atoms with Crippen molar-refractivity contribution in [2.24, 2.45) is 0 Å². The molecule has 0 spiro atoms. The number of aryl methyl sites for hydroxylation is 1. The first kappa shape index (κ1) is 22.2. The van der Waals surface area contributed by atoms with Crippen molar-refractivity contribution in [1.29, 1.82) is 0 Å². The number of benzene rings is 3. The van der Waals surface area contributed by atoms with Gasteiger partial charge in [-0.05, 0) is 36.6 Å². The minimum Gasteiger partial charge on any atom is -0.307 e. The molecule has 166 valence electrons. The van der Waals surface area contributed by atoms with Crippen molar-refractivity contribution >= 4 is 21.4 Å². The van der Waals surface area contributed by atoms with Gasteiger partial charge in [0.2, 0.25) is 5.91 Å². The number of nitrogens with one attached hydrogen (secondary N) is 1. The van der Waals surface area contributed by atoms with Crippen molar-refractivity contribution in [3.63, 3.8) is 0 Å². The lowest BCUT2D eigenvalue weighted by atomic mass is 9.98. The second kappa shape index (κ2) is 9.67. The Bertz CT molecular complexity index is 1150. The Labute approximate surface area is 190 Å². The van der Waals surface area contributed by atoms with Gasteiger partial charge in [0.15, 0.2) is 9.84 Å². The number of rotatable bonds is 7. The summed E-state index contributed by atoms with van der Waals surface area (Å²) < 4.78 is 24.2. The number of hydrogen-bond acceptors (Lipinski definition) is 4. The highest BCUT2D eigenvalue weighted by Gasteiger charge is 2.35. The fraction of sp³-hybridized carbons (Fsp3) is 0.269. The monoisotopic (exact) mass is 448 g/mol. The number of carbonyl (C=O) groups excluding carboxylic acids is 1. The molecule has 3 aromatic rings. The second-order valence-corrected chi connectivity index (χ2v) is 10.5. The predicted molar refractivity (Wildman–Crippen MR) is 128 cm³/mol. The summed E-state index contributed by atoms with van der Waals surface area (Å²) in [6.45, 7) is 2.14. The lowest BCUT2D eigenvalue weighted by Gasteiger charge is -2.29. The first-order valence-electron chi connectivity index (χ1n) is 10.9. The van der Waals surface area contributed by atoms with Crippen molar-refractivity contribution in [3.8, 4) is 0 Å². The van der Waals surface area contributed by atoms with Crippen LogP contribution in [0.2, 0.25) is 0 Å². The van der Waals surface area contributed by atoms with Crippen LogP contribution in [-0.2, 0) is 14.6 Å². The first-order chi connectivity index (χ1) is 15.4. The number of sulfone groups is 1. The summed E-state index contributed by atoms with van der Waals surface area (Å²) in [5.74, 6) is -0.00263. The minimum absolute atomic E-state index is 0.00765. The molecule has 0 aromatic heterocycles. The van der Waals surface area contributed by atoms with E-state index in [2.05, 4.69) is 29.6 Å². The number of anilines is 1. The van der Waals surface area contributed by atoms with Gasteiger partial charge in [-0.1, -0.05) is 78.4 Å². The molecule has 1 fully saturated rings. The van der Waals surface area contributed by atoms with E-state index >= 15 is 0 Å². The van der Waals surface area contributed by atoms with Gasteiger partial charge in [0.1, 0.15) is 0 Å². The molecule has 0 aliphatic carbocycles. The molecule has 1 aliphatic heterocycles. The van der Waals surface area contributed by atoms with Crippen molar-refractivity contribution in [2.75, 3.05) is 23.0 Å². The van der Waals surface area contributed by atoms with Gasteiger partial charge in [0.05, 0.1) is 30.1 Å². The fourth-order valence-electron chi connectivity index (χ4n) is 4.23. The molecular weight excluding hydrogens is 420 g/mol. The Kier molecular flexibility index (Phi) is 6.72.